The molecule has 138 valence electrons. The second kappa shape index (κ2) is 9.21. The van der Waals surface area contributed by atoms with E-state index in [1.807, 2.05) is 6.92 Å². The average molecular weight is 361 g/mol. The van der Waals surface area contributed by atoms with Crippen LogP contribution in [0.3, 0.4) is 0 Å². The molecule has 0 bridgehead atoms. The van der Waals surface area contributed by atoms with Gasteiger partial charge < -0.3 is 19.3 Å². The molecule has 0 aliphatic heterocycles. The lowest BCUT2D eigenvalue weighted by Gasteiger charge is -2.07. The molecule has 1 aromatic heterocycles. The molecule has 0 spiro atoms. The number of ether oxygens (including phenoxy) is 2. The molecule has 0 saturated heterocycles. The van der Waals surface area contributed by atoms with Crippen molar-refractivity contribution in [2.75, 3.05) is 25.1 Å². The first-order valence-corrected chi connectivity index (χ1v) is 7.87. The standard InChI is InChI=1S/C17H19N3O6/c1-3-24-13-6-4-12(5-7-13)17(23)18-9-16(22)25-10-14(21)19-15-8-11(2)20-26-15/h4-8H,3,9-10H2,1-2H3,(H,18,23)(H,19,21). The highest BCUT2D eigenvalue weighted by molar-refractivity contribution is 5.96. The maximum atomic E-state index is 11.9. The number of carbonyl (C=O) groups is 3. The lowest BCUT2D eigenvalue weighted by Crippen LogP contribution is -2.32. The summed E-state index contributed by atoms with van der Waals surface area (Å²) in [6, 6.07) is 8.01. The van der Waals surface area contributed by atoms with Gasteiger partial charge in [-0.2, -0.15) is 0 Å². The zero-order valence-corrected chi connectivity index (χ0v) is 14.4. The van der Waals surface area contributed by atoms with Crippen LogP contribution in [0.2, 0.25) is 0 Å². The molecular formula is C17H19N3O6. The Bertz CT molecular complexity index is 769. The SMILES string of the molecule is CCOc1ccc(C(=O)NCC(=O)OCC(=O)Nc2cc(C)no2)cc1. The van der Waals surface area contributed by atoms with E-state index in [9.17, 15) is 14.4 Å². The van der Waals surface area contributed by atoms with Crippen LogP contribution in [-0.4, -0.2) is 42.7 Å². The van der Waals surface area contributed by atoms with Crippen molar-refractivity contribution in [3.8, 4) is 5.75 Å². The smallest absolute Gasteiger partial charge is 0.325 e. The zero-order valence-electron chi connectivity index (χ0n) is 14.4. The normalized spacial score (nSPS) is 10.1. The fourth-order valence-corrected chi connectivity index (χ4v) is 1.92. The second-order valence-corrected chi connectivity index (χ2v) is 5.18. The number of amides is 2. The van der Waals surface area contributed by atoms with Gasteiger partial charge in [0.05, 0.1) is 12.3 Å². The summed E-state index contributed by atoms with van der Waals surface area (Å²) in [5.74, 6) is -0.948. The van der Waals surface area contributed by atoms with Gasteiger partial charge in [0.1, 0.15) is 12.3 Å². The van der Waals surface area contributed by atoms with Gasteiger partial charge >= 0.3 is 5.97 Å². The molecule has 0 unspecified atom stereocenters. The largest absolute Gasteiger partial charge is 0.494 e. The van der Waals surface area contributed by atoms with E-state index in [1.165, 1.54) is 6.07 Å². The topological polar surface area (TPSA) is 120 Å². The van der Waals surface area contributed by atoms with Crippen LogP contribution >= 0.6 is 0 Å². The Labute approximate surface area is 149 Å². The summed E-state index contributed by atoms with van der Waals surface area (Å²) in [4.78, 5) is 35.1. The van der Waals surface area contributed by atoms with E-state index in [0.717, 1.165) is 0 Å². The number of aromatic nitrogens is 1. The van der Waals surface area contributed by atoms with Crippen LogP contribution in [0.1, 0.15) is 23.0 Å². The van der Waals surface area contributed by atoms with Crippen molar-refractivity contribution >= 4 is 23.7 Å². The lowest BCUT2D eigenvalue weighted by molar-refractivity contribution is -0.146. The van der Waals surface area contributed by atoms with Crippen LogP contribution in [0.5, 0.6) is 5.75 Å². The van der Waals surface area contributed by atoms with Crippen LogP contribution in [0.25, 0.3) is 0 Å². The minimum absolute atomic E-state index is 0.160. The monoisotopic (exact) mass is 361 g/mol. The molecule has 1 aromatic carbocycles. The highest BCUT2D eigenvalue weighted by Gasteiger charge is 2.12. The van der Waals surface area contributed by atoms with Crippen molar-refractivity contribution in [1.29, 1.82) is 0 Å². The molecular weight excluding hydrogens is 342 g/mol. The van der Waals surface area contributed by atoms with Crippen LogP contribution in [0, 0.1) is 6.92 Å². The van der Waals surface area contributed by atoms with Gasteiger partial charge in [-0.1, -0.05) is 5.16 Å². The van der Waals surface area contributed by atoms with Crippen molar-refractivity contribution in [1.82, 2.24) is 10.5 Å². The Balaban J connectivity index is 1.70. The first-order chi connectivity index (χ1) is 12.5. The van der Waals surface area contributed by atoms with Gasteiger partial charge in [-0.15, -0.1) is 0 Å². The summed E-state index contributed by atoms with van der Waals surface area (Å²) in [6.45, 7) is 3.23. The van der Waals surface area contributed by atoms with Crippen LogP contribution in [-0.2, 0) is 14.3 Å². The number of carbonyl (C=O) groups excluding carboxylic acids is 3. The number of nitrogens with one attached hydrogen (secondary N) is 2. The third-order valence-corrected chi connectivity index (χ3v) is 3.08. The van der Waals surface area contributed by atoms with Crippen LogP contribution in [0.4, 0.5) is 5.88 Å². The van der Waals surface area contributed by atoms with Crippen molar-refractivity contribution in [3.63, 3.8) is 0 Å². The number of hydrogen-bond donors (Lipinski definition) is 2. The molecule has 0 saturated carbocycles. The van der Waals surface area contributed by atoms with Crippen molar-refractivity contribution < 1.29 is 28.4 Å². The van der Waals surface area contributed by atoms with Crippen LogP contribution < -0.4 is 15.4 Å². The maximum Gasteiger partial charge on any atom is 0.325 e. The molecule has 9 heteroatoms. The van der Waals surface area contributed by atoms with E-state index in [2.05, 4.69) is 15.8 Å². The Morgan fingerprint density at radius 3 is 2.54 bits per heavy atom. The summed E-state index contributed by atoms with van der Waals surface area (Å²) in [5.41, 5.74) is 0.981. The molecule has 2 amide bonds. The van der Waals surface area contributed by atoms with E-state index in [4.69, 9.17) is 14.0 Å². The quantitative estimate of drug-likeness (QED) is 0.680. The van der Waals surface area contributed by atoms with Gasteiger partial charge in [-0.05, 0) is 38.1 Å². The van der Waals surface area contributed by atoms with Crippen molar-refractivity contribution in [3.05, 3.63) is 41.6 Å². The number of rotatable bonds is 8. The molecule has 0 fully saturated rings. The molecule has 26 heavy (non-hydrogen) atoms. The van der Waals surface area contributed by atoms with Gasteiger partial charge in [-0.3, -0.25) is 19.7 Å². The zero-order chi connectivity index (χ0) is 18.9. The minimum atomic E-state index is -0.742. The Hall–Kier alpha value is -3.36. The highest BCUT2D eigenvalue weighted by atomic mass is 16.5. The van der Waals surface area contributed by atoms with E-state index in [-0.39, 0.29) is 12.4 Å². The van der Waals surface area contributed by atoms with Gasteiger partial charge in [0, 0.05) is 11.6 Å². The predicted molar refractivity (Wildman–Crippen MR) is 90.8 cm³/mol. The maximum absolute atomic E-state index is 11.9. The average Bonchev–Trinajstić information content (AvgIpc) is 3.03. The molecule has 9 nitrogen and oxygen atoms in total. The van der Waals surface area contributed by atoms with Crippen molar-refractivity contribution in [2.45, 2.75) is 13.8 Å². The minimum Gasteiger partial charge on any atom is -0.494 e. The number of esters is 1. The number of benzene rings is 1. The number of hydrogen-bond acceptors (Lipinski definition) is 7. The van der Waals surface area contributed by atoms with E-state index >= 15 is 0 Å². The first kappa shape index (κ1) is 19.0. The fourth-order valence-electron chi connectivity index (χ4n) is 1.92. The summed E-state index contributed by atoms with van der Waals surface area (Å²) in [6.07, 6.45) is 0. The fraction of sp³-hybridized carbons (Fsp3) is 0.294. The third kappa shape index (κ3) is 5.93. The van der Waals surface area contributed by atoms with Crippen molar-refractivity contribution in [2.24, 2.45) is 0 Å². The summed E-state index contributed by atoms with van der Waals surface area (Å²) in [7, 11) is 0. The van der Waals surface area contributed by atoms with Gasteiger partial charge in [0.25, 0.3) is 11.8 Å². The van der Waals surface area contributed by atoms with Crippen LogP contribution in [0.15, 0.2) is 34.9 Å². The molecule has 0 aliphatic rings. The lowest BCUT2D eigenvalue weighted by atomic mass is 10.2. The number of anilines is 1. The predicted octanol–water partition coefficient (Wildman–Crippen LogP) is 1.29. The Kier molecular flexibility index (Phi) is 6.72. The first-order valence-electron chi connectivity index (χ1n) is 7.87. The van der Waals surface area contributed by atoms with Gasteiger partial charge in [-0.25, -0.2) is 0 Å². The Morgan fingerprint density at radius 1 is 1.19 bits per heavy atom. The summed E-state index contributed by atoms with van der Waals surface area (Å²) in [5, 5.41) is 8.40. The number of aryl methyl sites for hydroxylation is 1. The molecule has 1 heterocycles. The molecule has 0 radical (unpaired) electrons. The summed E-state index contributed by atoms with van der Waals surface area (Å²) < 4.78 is 14.9. The molecule has 0 aliphatic carbocycles. The highest BCUT2D eigenvalue weighted by Crippen LogP contribution is 2.12. The molecule has 2 aromatic rings. The van der Waals surface area contributed by atoms with E-state index in [1.54, 1.807) is 31.2 Å². The molecule has 2 N–H and O–H groups in total. The molecule has 2 rings (SSSR count). The van der Waals surface area contributed by atoms with E-state index < -0.39 is 24.4 Å². The third-order valence-electron chi connectivity index (χ3n) is 3.08. The van der Waals surface area contributed by atoms with Gasteiger partial charge in [0.2, 0.25) is 5.88 Å². The summed E-state index contributed by atoms with van der Waals surface area (Å²) >= 11 is 0. The number of nitrogens with zero attached hydrogens (tertiary/aromatic N) is 1. The van der Waals surface area contributed by atoms with Gasteiger partial charge in [0.15, 0.2) is 6.61 Å². The second-order valence-electron chi connectivity index (χ2n) is 5.18. The van der Waals surface area contributed by atoms with E-state index in [0.29, 0.717) is 23.6 Å². The Morgan fingerprint density at radius 2 is 1.92 bits per heavy atom. The molecule has 0 atom stereocenters.